The van der Waals surface area contributed by atoms with Gasteiger partial charge in [-0.1, -0.05) is 26.7 Å². The second kappa shape index (κ2) is 5.79. The first-order valence-corrected chi connectivity index (χ1v) is 8.16. The molecule has 1 heterocycles. The van der Waals surface area contributed by atoms with Gasteiger partial charge in [-0.05, 0) is 31.5 Å². The van der Waals surface area contributed by atoms with Crippen LogP contribution in [0, 0.1) is 0 Å². The van der Waals surface area contributed by atoms with E-state index < -0.39 is 0 Å². The molecular formula is C13H24N2S2. The Morgan fingerprint density at radius 2 is 2.00 bits per heavy atom. The van der Waals surface area contributed by atoms with Crippen molar-refractivity contribution in [3.8, 4) is 0 Å². The van der Waals surface area contributed by atoms with Gasteiger partial charge < -0.3 is 10.2 Å². The molecule has 17 heavy (non-hydrogen) atoms. The third-order valence-electron chi connectivity index (χ3n) is 3.81. The Hall–Kier alpha value is 0.0400. The largest absolute Gasteiger partial charge is 0.360 e. The van der Waals surface area contributed by atoms with E-state index in [-0.39, 0.29) is 0 Å². The predicted molar refractivity (Wildman–Crippen MR) is 80.7 cm³/mol. The van der Waals surface area contributed by atoms with Crippen molar-refractivity contribution in [1.82, 2.24) is 10.2 Å². The number of thiocarbonyl (C=S) groups is 1. The van der Waals surface area contributed by atoms with E-state index >= 15 is 0 Å². The van der Waals surface area contributed by atoms with E-state index in [1.165, 1.54) is 37.9 Å². The molecule has 98 valence electrons. The molecule has 2 fully saturated rings. The average molecular weight is 272 g/mol. The van der Waals surface area contributed by atoms with Gasteiger partial charge in [0, 0.05) is 29.6 Å². The highest BCUT2D eigenvalue weighted by molar-refractivity contribution is 8.00. The van der Waals surface area contributed by atoms with E-state index in [0.29, 0.717) is 10.8 Å². The van der Waals surface area contributed by atoms with Crippen LogP contribution in [0.2, 0.25) is 0 Å². The van der Waals surface area contributed by atoms with Crippen molar-refractivity contribution >= 4 is 29.1 Å². The molecule has 0 radical (unpaired) electrons. The molecule has 0 atom stereocenters. The number of hydrogen-bond acceptors (Lipinski definition) is 2. The summed E-state index contributed by atoms with van der Waals surface area (Å²) in [7, 11) is 0. The summed E-state index contributed by atoms with van der Waals surface area (Å²) < 4.78 is 0.414. The van der Waals surface area contributed by atoms with Gasteiger partial charge in [0.2, 0.25) is 0 Å². The van der Waals surface area contributed by atoms with Gasteiger partial charge in [-0.25, -0.2) is 0 Å². The average Bonchev–Trinajstić information content (AvgIpc) is 2.68. The van der Waals surface area contributed by atoms with Crippen molar-refractivity contribution in [2.45, 2.75) is 56.7 Å². The molecule has 0 aromatic heterocycles. The smallest absolute Gasteiger partial charge is 0.169 e. The molecule has 0 aromatic carbocycles. The van der Waals surface area contributed by atoms with E-state index in [2.05, 4.69) is 35.8 Å². The summed E-state index contributed by atoms with van der Waals surface area (Å²) >= 11 is 7.63. The van der Waals surface area contributed by atoms with Crippen LogP contribution in [-0.2, 0) is 0 Å². The summed E-state index contributed by atoms with van der Waals surface area (Å²) in [5, 5.41) is 4.55. The van der Waals surface area contributed by atoms with Gasteiger partial charge in [0.1, 0.15) is 0 Å². The minimum Gasteiger partial charge on any atom is -0.360 e. The van der Waals surface area contributed by atoms with Crippen LogP contribution >= 0.6 is 24.0 Å². The standard InChI is InChI=1S/C13H24N2S2/c1-13(2)7-8-15(9-10-17-13)12(16)14-11-5-3-4-6-11/h11H,3-10H2,1-2H3,(H,14,16). The first-order valence-electron chi connectivity index (χ1n) is 6.76. The molecule has 4 heteroatoms. The van der Waals surface area contributed by atoms with E-state index in [1.54, 1.807) is 0 Å². The maximum atomic E-state index is 5.55. The molecule has 2 nitrogen and oxygen atoms in total. The first kappa shape index (κ1) is 13.5. The number of rotatable bonds is 1. The Morgan fingerprint density at radius 1 is 1.29 bits per heavy atom. The Kier molecular flexibility index (Phi) is 4.59. The summed E-state index contributed by atoms with van der Waals surface area (Å²) in [6.45, 7) is 6.90. The Balaban J connectivity index is 1.82. The molecule has 2 rings (SSSR count). The van der Waals surface area contributed by atoms with E-state index in [4.69, 9.17) is 12.2 Å². The molecule has 1 aliphatic heterocycles. The van der Waals surface area contributed by atoms with Crippen molar-refractivity contribution in [2.75, 3.05) is 18.8 Å². The molecule has 1 aliphatic carbocycles. The first-order chi connectivity index (χ1) is 8.07. The van der Waals surface area contributed by atoms with Gasteiger partial charge in [-0.3, -0.25) is 0 Å². The van der Waals surface area contributed by atoms with E-state index in [1.807, 2.05) is 0 Å². The molecule has 1 saturated carbocycles. The molecule has 0 amide bonds. The van der Waals surface area contributed by atoms with E-state index in [9.17, 15) is 0 Å². The van der Waals surface area contributed by atoms with Gasteiger partial charge in [-0.15, -0.1) is 0 Å². The zero-order valence-electron chi connectivity index (χ0n) is 11.0. The minimum atomic E-state index is 0.414. The van der Waals surface area contributed by atoms with Crippen molar-refractivity contribution in [2.24, 2.45) is 0 Å². The van der Waals surface area contributed by atoms with Crippen molar-refractivity contribution < 1.29 is 0 Å². The SMILES string of the molecule is CC1(C)CCN(C(=S)NC2CCCC2)CCS1. The van der Waals surface area contributed by atoms with Gasteiger partial charge in [0.05, 0.1) is 0 Å². The minimum absolute atomic E-state index is 0.414. The second-order valence-corrected chi connectivity index (χ2v) is 7.96. The number of hydrogen-bond donors (Lipinski definition) is 1. The van der Waals surface area contributed by atoms with Crippen LogP contribution in [0.5, 0.6) is 0 Å². The third-order valence-corrected chi connectivity index (χ3v) is 5.56. The molecule has 1 saturated heterocycles. The number of thioether (sulfide) groups is 1. The highest BCUT2D eigenvalue weighted by Crippen LogP contribution is 2.30. The van der Waals surface area contributed by atoms with Crippen LogP contribution in [0.3, 0.4) is 0 Å². The molecule has 0 aromatic rings. The fourth-order valence-corrected chi connectivity index (χ4v) is 4.01. The summed E-state index contributed by atoms with van der Waals surface area (Å²) in [6.07, 6.45) is 6.55. The predicted octanol–water partition coefficient (Wildman–Crippen LogP) is 3.02. The maximum Gasteiger partial charge on any atom is 0.169 e. The molecule has 0 bridgehead atoms. The fourth-order valence-electron chi connectivity index (χ4n) is 2.56. The molecule has 0 spiro atoms. The third kappa shape index (κ3) is 4.02. The van der Waals surface area contributed by atoms with Gasteiger partial charge in [0.25, 0.3) is 0 Å². The molecule has 2 aliphatic rings. The fraction of sp³-hybridized carbons (Fsp3) is 0.923. The summed E-state index contributed by atoms with van der Waals surface area (Å²) in [4.78, 5) is 2.37. The van der Waals surface area contributed by atoms with Crippen molar-refractivity contribution in [3.63, 3.8) is 0 Å². The summed E-state index contributed by atoms with van der Waals surface area (Å²) in [5.41, 5.74) is 0. The van der Waals surface area contributed by atoms with Gasteiger partial charge >= 0.3 is 0 Å². The zero-order valence-corrected chi connectivity index (χ0v) is 12.6. The highest BCUT2D eigenvalue weighted by Gasteiger charge is 2.25. The topological polar surface area (TPSA) is 15.3 Å². The monoisotopic (exact) mass is 272 g/mol. The van der Waals surface area contributed by atoms with Gasteiger partial charge in [0.15, 0.2) is 5.11 Å². The zero-order chi connectivity index (χ0) is 12.3. The Bertz CT molecular complexity index is 273. The Labute approximate surface area is 115 Å². The van der Waals surface area contributed by atoms with E-state index in [0.717, 1.165) is 18.2 Å². The van der Waals surface area contributed by atoms with Crippen LogP contribution in [-0.4, -0.2) is 39.6 Å². The highest BCUT2D eigenvalue weighted by atomic mass is 32.2. The van der Waals surface area contributed by atoms with Crippen molar-refractivity contribution in [1.29, 1.82) is 0 Å². The summed E-state index contributed by atoms with van der Waals surface area (Å²) in [6, 6.07) is 0.645. The lowest BCUT2D eigenvalue weighted by atomic mass is 10.1. The van der Waals surface area contributed by atoms with Crippen LogP contribution in [0.4, 0.5) is 0 Å². The number of nitrogens with one attached hydrogen (secondary N) is 1. The van der Waals surface area contributed by atoms with Gasteiger partial charge in [-0.2, -0.15) is 11.8 Å². The molecular weight excluding hydrogens is 248 g/mol. The number of nitrogens with zero attached hydrogens (tertiary/aromatic N) is 1. The lowest BCUT2D eigenvalue weighted by Gasteiger charge is -2.27. The van der Waals surface area contributed by atoms with Crippen LogP contribution in [0.15, 0.2) is 0 Å². The second-order valence-electron chi connectivity index (χ2n) is 5.78. The van der Waals surface area contributed by atoms with Crippen LogP contribution < -0.4 is 5.32 Å². The Morgan fingerprint density at radius 3 is 2.71 bits per heavy atom. The quantitative estimate of drug-likeness (QED) is 0.738. The lowest BCUT2D eigenvalue weighted by Crippen LogP contribution is -2.44. The molecule has 0 unspecified atom stereocenters. The molecule has 1 N–H and O–H groups in total. The lowest BCUT2D eigenvalue weighted by molar-refractivity contribution is 0.408. The summed E-state index contributed by atoms with van der Waals surface area (Å²) in [5.74, 6) is 1.19. The normalized spacial score (nSPS) is 25.6. The van der Waals surface area contributed by atoms with Crippen LogP contribution in [0.25, 0.3) is 0 Å². The maximum absolute atomic E-state index is 5.55. The van der Waals surface area contributed by atoms with Crippen LogP contribution in [0.1, 0.15) is 46.0 Å². The van der Waals surface area contributed by atoms with Crippen molar-refractivity contribution in [3.05, 3.63) is 0 Å².